The summed E-state index contributed by atoms with van der Waals surface area (Å²) >= 11 is 0. The van der Waals surface area contributed by atoms with Crippen molar-refractivity contribution in [2.24, 2.45) is 0 Å². The van der Waals surface area contributed by atoms with E-state index in [-0.39, 0.29) is 6.61 Å². The van der Waals surface area contributed by atoms with Crippen molar-refractivity contribution in [1.82, 2.24) is 0 Å². The monoisotopic (exact) mass is 208 g/mol. The third-order valence-electron chi connectivity index (χ3n) is 2.47. The molecule has 0 heterocycles. The van der Waals surface area contributed by atoms with E-state index in [9.17, 15) is 4.79 Å². The number of aliphatic hydroxyl groups excluding tert-OH is 1. The zero-order valence-corrected chi connectivity index (χ0v) is 8.81. The molecule has 0 aromatic heterocycles. The minimum absolute atomic E-state index is 0.188. The molecule has 1 aromatic rings. The minimum atomic E-state index is -0.807. The highest BCUT2D eigenvalue weighted by molar-refractivity contribution is 5.75. The van der Waals surface area contributed by atoms with Crippen LogP contribution in [0.5, 0.6) is 0 Å². The molecule has 0 radical (unpaired) electrons. The second-order valence-corrected chi connectivity index (χ2v) is 3.63. The number of carboxylic acids is 1. The van der Waals surface area contributed by atoms with Gasteiger partial charge in [0.05, 0.1) is 5.92 Å². The fourth-order valence-corrected chi connectivity index (χ4v) is 1.40. The quantitative estimate of drug-likeness (QED) is 0.775. The van der Waals surface area contributed by atoms with Crippen LogP contribution in [0.4, 0.5) is 0 Å². The van der Waals surface area contributed by atoms with E-state index in [1.54, 1.807) is 6.92 Å². The summed E-state index contributed by atoms with van der Waals surface area (Å²) in [6.45, 7) is 1.86. The summed E-state index contributed by atoms with van der Waals surface area (Å²) in [7, 11) is 0. The van der Waals surface area contributed by atoms with Crippen molar-refractivity contribution in [3.63, 3.8) is 0 Å². The maximum Gasteiger partial charge on any atom is 0.310 e. The number of aryl methyl sites for hydroxylation is 1. The second-order valence-electron chi connectivity index (χ2n) is 3.63. The van der Waals surface area contributed by atoms with E-state index in [0.717, 1.165) is 24.0 Å². The van der Waals surface area contributed by atoms with E-state index < -0.39 is 11.9 Å². The Morgan fingerprint density at radius 2 is 1.93 bits per heavy atom. The maximum atomic E-state index is 10.7. The molecule has 1 rings (SSSR count). The van der Waals surface area contributed by atoms with Crippen LogP contribution >= 0.6 is 0 Å². The molecule has 0 saturated heterocycles. The van der Waals surface area contributed by atoms with Gasteiger partial charge in [-0.05, 0) is 30.9 Å². The van der Waals surface area contributed by atoms with E-state index in [0.29, 0.717) is 0 Å². The standard InChI is InChI=1S/C12H16O3/c1-9(12(14)15)11-6-4-10(5-7-11)3-2-8-13/h4-7,9,13H,2-3,8H2,1H3,(H,14,15). The molecule has 1 aromatic carbocycles. The Morgan fingerprint density at radius 3 is 2.40 bits per heavy atom. The van der Waals surface area contributed by atoms with Gasteiger partial charge in [0.25, 0.3) is 0 Å². The van der Waals surface area contributed by atoms with Crippen LogP contribution in [0.1, 0.15) is 30.4 Å². The molecular weight excluding hydrogens is 192 g/mol. The molecule has 1 unspecified atom stereocenters. The molecule has 0 aliphatic heterocycles. The first kappa shape index (κ1) is 11.7. The Balaban J connectivity index is 2.67. The van der Waals surface area contributed by atoms with Gasteiger partial charge < -0.3 is 10.2 Å². The van der Waals surface area contributed by atoms with Crippen molar-refractivity contribution in [1.29, 1.82) is 0 Å². The average Bonchev–Trinajstić information content (AvgIpc) is 2.26. The largest absolute Gasteiger partial charge is 0.481 e. The van der Waals surface area contributed by atoms with Gasteiger partial charge in [-0.25, -0.2) is 0 Å². The van der Waals surface area contributed by atoms with Gasteiger partial charge in [0.2, 0.25) is 0 Å². The van der Waals surface area contributed by atoms with E-state index >= 15 is 0 Å². The van der Waals surface area contributed by atoms with Crippen LogP contribution in [0.3, 0.4) is 0 Å². The van der Waals surface area contributed by atoms with Crippen LogP contribution in [0.15, 0.2) is 24.3 Å². The van der Waals surface area contributed by atoms with Crippen molar-refractivity contribution >= 4 is 5.97 Å². The van der Waals surface area contributed by atoms with Crippen molar-refractivity contribution < 1.29 is 15.0 Å². The molecule has 15 heavy (non-hydrogen) atoms. The lowest BCUT2D eigenvalue weighted by Crippen LogP contribution is -2.07. The molecule has 1 atom stereocenters. The zero-order chi connectivity index (χ0) is 11.3. The number of benzene rings is 1. The Bertz CT molecular complexity index is 316. The Morgan fingerprint density at radius 1 is 1.33 bits per heavy atom. The predicted octanol–water partition coefficient (Wildman–Crippen LogP) is 1.80. The second kappa shape index (κ2) is 5.51. The molecule has 0 aliphatic rings. The van der Waals surface area contributed by atoms with Crippen molar-refractivity contribution in [2.45, 2.75) is 25.7 Å². The van der Waals surface area contributed by atoms with Crippen LogP contribution in [-0.4, -0.2) is 22.8 Å². The fourth-order valence-electron chi connectivity index (χ4n) is 1.40. The van der Waals surface area contributed by atoms with Gasteiger partial charge in [0.15, 0.2) is 0 Å². The molecule has 3 heteroatoms. The van der Waals surface area contributed by atoms with E-state index in [4.69, 9.17) is 10.2 Å². The van der Waals surface area contributed by atoms with Gasteiger partial charge in [-0.2, -0.15) is 0 Å². The predicted molar refractivity (Wildman–Crippen MR) is 57.9 cm³/mol. The number of carbonyl (C=O) groups is 1. The summed E-state index contributed by atoms with van der Waals surface area (Å²) in [5.74, 6) is -1.27. The Hall–Kier alpha value is -1.35. The van der Waals surface area contributed by atoms with Crippen molar-refractivity contribution in [3.05, 3.63) is 35.4 Å². The van der Waals surface area contributed by atoms with E-state index in [2.05, 4.69) is 0 Å². The lowest BCUT2D eigenvalue weighted by atomic mass is 9.99. The highest BCUT2D eigenvalue weighted by Crippen LogP contribution is 2.16. The SMILES string of the molecule is CC(C(=O)O)c1ccc(CCCO)cc1. The van der Waals surface area contributed by atoms with Crippen LogP contribution in [0.25, 0.3) is 0 Å². The first-order valence-corrected chi connectivity index (χ1v) is 5.07. The Kier molecular flexibility index (Phi) is 4.31. The van der Waals surface area contributed by atoms with Crippen LogP contribution in [0, 0.1) is 0 Å². The fraction of sp³-hybridized carbons (Fsp3) is 0.417. The summed E-state index contributed by atoms with van der Waals surface area (Å²) < 4.78 is 0. The van der Waals surface area contributed by atoms with E-state index in [1.165, 1.54) is 0 Å². The third-order valence-corrected chi connectivity index (χ3v) is 2.47. The number of carboxylic acid groups (broad SMARTS) is 1. The summed E-state index contributed by atoms with van der Waals surface area (Å²) in [5.41, 5.74) is 1.95. The van der Waals surface area contributed by atoms with Gasteiger partial charge in [-0.1, -0.05) is 24.3 Å². The summed E-state index contributed by atoms with van der Waals surface area (Å²) in [5, 5.41) is 17.5. The topological polar surface area (TPSA) is 57.5 Å². The number of aliphatic hydroxyl groups is 1. The Labute approximate surface area is 89.4 Å². The molecule has 2 N–H and O–H groups in total. The van der Waals surface area contributed by atoms with Gasteiger partial charge in [-0.3, -0.25) is 4.79 Å². The van der Waals surface area contributed by atoms with Crippen LogP contribution in [0.2, 0.25) is 0 Å². The van der Waals surface area contributed by atoms with Crippen LogP contribution < -0.4 is 0 Å². The highest BCUT2D eigenvalue weighted by atomic mass is 16.4. The van der Waals surface area contributed by atoms with Gasteiger partial charge in [-0.15, -0.1) is 0 Å². The average molecular weight is 208 g/mol. The molecule has 0 spiro atoms. The van der Waals surface area contributed by atoms with Crippen LogP contribution in [-0.2, 0) is 11.2 Å². The molecule has 0 bridgehead atoms. The number of rotatable bonds is 5. The number of aliphatic carboxylic acids is 1. The molecule has 0 aliphatic carbocycles. The van der Waals surface area contributed by atoms with Gasteiger partial charge >= 0.3 is 5.97 Å². The van der Waals surface area contributed by atoms with Crippen molar-refractivity contribution in [3.8, 4) is 0 Å². The van der Waals surface area contributed by atoms with Gasteiger partial charge in [0, 0.05) is 6.61 Å². The zero-order valence-electron chi connectivity index (χ0n) is 8.81. The molecule has 0 amide bonds. The molecular formula is C12H16O3. The maximum absolute atomic E-state index is 10.7. The lowest BCUT2D eigenvalue weighted by molar-refractivity contribution is -0.138. The van der Waals surface area contributed by atoms with E-state index in [1.807, 2.05) is 24.3 Å². The summed E-state index contributed by atoms with van der Waals surface area (Å²) in [6, 6.07) is 7.52. The summed E-state index contributed by atoms with van der Waals surface area (Å²) in [6.07, 6.45) is 1.58. The number of hydrogen-bond acceptors (Lipinski definition) is 2. The highest BCUT2D eigenvalue weighted by Gasteiger charge is 2.12. The molecule has 3 nitrogen and oxygen atoms in total. The number of hydrogen-bond donors (Lipinski definition) is 2. The summed E-state index contributed by atoms with van der Waals surface area (Å²) in [4.78, 5) is 10.7. The molecule has 0 saturated carbocycles. The minimum Gasteiger partial charge on any atom is -0.481 e. The molecule has 0 fully saturated rings. The van der Waals surface area contributed by atoms with Gasteiger partial charge in [0.1, 0.15) is 0 Å². The lowest BCUT2D eigenvalue weighted by Gasteiger charge is -2.07. The smallest absolute Gasteiger partial charge is 0.310 e. The molecule has 82 valence electrons. The van der Waals surface area contributed by atoms with Crippen molar-refractivity contribution in [2.75, 3.05) is 6.61 Å². The normalized spacial score (nSPS) is 12.4. The third kappa shape index (κ3) is 3.36. The first-order chi connectivity index (χ1) is 7.15. The first-order valence-electron chi connectivity index (χ1n) is 5.07.